The molecule has 1 spiro atoms. The predicted molar refractivity (Wildman–Crippen MR) is 214 cm³/mol. The second kappa shape index (κ2) is 16.2. The lowest BCUT2D eigenvalue weighted by Gasteiger charge is -2.59. The molecule has 61 heavy (non-hydrogen) atoms. The quantitative estimate of drug-likeness (QED) is 0.148. The van der Waals surface area contributed by atoms with Crippen LogP contribution in [0, 0.1) is 40.4 Å². The van der Waals surface area contributed by atoms with Crippen molar-refractivity contribution in [2.24, 2.45) is 40.4 Å². The number of aliphatic hydroxyl groups is 6. The van der Waals surface area contributed by atoms with Gasteiger partial charge < -0.3 is 68.9 Å². The zero-order chi connectivity index (χ0) is 43.3. The Hall–Kier alpha value is -2.51. The third-order valence-corrected chi connectivity index (χ3v) is 16.3. The standard InChI is InChI=1S/C46H64O15/c1-21(2)16-30-41-55-20-46-15-13-28-27(29(46)18-31(58-41)39(46)45(30,5)54)11-8-24-17-26(12-14-44(24,28)4)57-43-38(34(50)33(49)32(19-47)59-43)61-42-36(52)35(51)37(22(3)56-42)60-40(53)23-6-9-25(48)10-7-23/h6-10,16,22,26-39,41-43,47-52,54H,11-15,17-20H2,1-5H3/t22-,26-,27+,28-,29-,30-,31-,32+,33+,34-,35-,36+,37-,38+,39+,41+,42-,43+,44-,45-,46+/m0/s1. The number of ether oxygens (including phenoxy) is 7. The highest BCUT2D eigenvalue weighted by molar-refractivity contribution is 5.89. The molecule has 8 fully saturated rings. The van der Waals surface area contributed by atoms with Crippen molar-refractivity contribution in [3.63, 3.8) is 0 Å². The third kappa shape index (κ3) is 7.23. The van der Waals surface area contributed by atoms with Crippen molar-refractivity contribution in [1.29, 1.82) is 0 Å². The number of hydrogen-bond acceptors (Lipinski definition) is 15. The highest BCUT2D eigenvalue weighted by atomic mass is 16.8. The topological polar surface area (TPSA) is 223 Å². The molecule has 4 aliphatic carbocycles. The summed E-state index contributed by atoms with van der Waals surface area (Å²) < 4.78 is 43.4. The molecule has 1 aromatic carbocycles. The van der Waals surface area contributed by atoms with E-state index in [0.29, 0.717) is 37.2 Å². The van der Waals surface area contributed by atoms with Gasteiger partial charge in [0, 0.05) is 11.3 Å². The summed E-state index contributed by atoms with van der Waals surface area (Å²) in [5.41, 5.74) is 1.40. The van der Waals surface area contributed by atoms with Gasteiger partial charge in [-0.05, 0) is 120 Å². The van der Waals surface area contributed by atoms with E-state index in [1.54, 1.807) is 0 Å². The fraction of sp³-hybridized carbons (Fsp3) is 0.761. The number of carbonyl (C=O) groups is 1. The molecule has 0 amide bonds. The molecule has 3 saturated carbocycles. The molecule has 5 saturated heterocycles. The van der Waals surface area contributed by atoms with Crippen molar-refractivity contribution in [2.75, 3.05) is 13.2 Å². The van der Waals surface area contributed by atoms with Gasteiger partial charge in [-0.1, -0.05) is 30.2 Å². The number of aromatic hydroxyl groups is 1. The Balaban J connectivity index is 0.887. The first-order chi connectivity index (χ1) is 29.0. The number of carbonyl (C=O) groups excluding carboxylic acids is 1. The molecule has 9 aliphatic rings. The lowest BCUT2D eigenvalue weighted by molar-refractivity contribution is -0.369. The lowest BCUT2D eigenvalue weighted by atomic mass is 9.46. The van der Waals surface area contributed by atoms with Crippen LogP contribution in [-0.4, -0.2) is 140 Å². The van der Waals surface area contributed by atoms with E-state index >= 15 is 0 Å². The molecular weight excluding hydrogens is 792 g/mol. The van der Waals surface area contributed by atoms with Crippen LogP contribution in [0.2, 0.25) is 0 Å². The number of phenolic OH excluding ortho intramolecular Hbond substituents is 1. The van der Waals surface area contributed by atoms with Crippen molar-refractivity contribution in [3.8, 4) is 5.75 Å². The number of fused-ring (bicyclic) bond motifs is 6. The van der Waals surface area contributed by atoms with Crippen LogP contribution in [0.1, 0.15) is 89.9 Å². The molecule has 338 valence electrons. The summed E-state index contributed by atoms with van der Waals surface area (Å²) >= 11 is 0. The minimum Gasteiger partial charge on any atom is -0.508 e. The Morgan fingerprint density at radius 3 is 2.36 bits per heavy atom. The maximum Gasteiger partial charge on any atom is 0.338 e. The van der Waals surface area contributed by atoms with E-state index in [9.17, 15) is 40.5 Å². The number of hydrogen-bond donors (Lipinski definition) is 7. The van der Waals surface area contributed by atoms with Crippen LogP contribution in [0.3, 0.4) is 0 Å². The minimum absolute atomic E-state index is 0.00276. The molecule has 15 heteroatoms. The van der Waals surface area contributed by atoms with E-state index in [1.165, 1.54) is 36.8 Å². The van der Waals surface area contributed by atoms with Gasteiger partial charge in [0.25, 0.3) is 0 Å². The van der Waals surface area contributed by atoms with Crippen molar-refractivity contribution in [3.05, 3.63) is 53.1 Å². The van der Waals surface area contributed by atoms with Crippen LogP contribution in [0.15, 0.2) is 47.6 Å². The van der Waals surface area contributed by atoms with Crippen LogP contribution < -0.4 is 0 Å². The summed E-state index contributed by atoms with van der Waals surface area (Å²) in [5.74, 6) is 0.153. The number of aliphatic hydroxyl groups excluding tert-OH is 5. The maximum absolute atomic E-state index is 12.8. The second-order valence-electron chi connectivity index (χ2n) is 20.0. The summed E-state index contributed by atoms with van der Waals surface area (Å²) in [4.78, 5) is 12.8. The molecule has 7 N–H and O–H groups in total. The predicted octanol–water partition coefficient (Wildman–Crippen LogP) is 2.85. The van der Waals surface area contributed by atoms with Gasteiger partial charge in [-0.15, -0.1) is 0 Å². The van der Waals surface area contributed by atoms with Crippen LogP contribution in [0.5, 0.6) is 5.75 Å². The average molecular weight is 857 g/mol. The molecule has 15 nitrogen and oxygen atoms in total. The van der Waals surface area contributed by atoms with Crippen molar-refractivity contribution < 1.29 is 73.7 Å². The second-order valence-corrected chi connectivity index (χ2v) is 20.0. The van der Waals surface area contributed by atoms with Gasteiger partial charge >= 0.3 is 5.97 Å². The molecule has 0 unspecified atom stereocenters. The molecule has 1 aromatic rings. The number of phenols is 1. The number of benzene rings is 1. The van der Waals surface area contributed by atoms with E-state index in [0.717, 1.165) is 37.7 Å². The SMILES string of the molecule is CC(C)=C[C@H]1[C@@H]2OC[C@]34CC[C@H]5[C@@H](CC=C6C[C@@H](O[C@@H]7O[C@H](CO)[C@@H](O)[C@H](O)[C@H]7O[C@@H]7O[C@@H](C)[C@H](OC(=O)c8ccc(O)cc8)[C@@H](O)[C@H]7O)CC[C@@]65C)[C@@H]3C[C@H](O2)[C@@H]4[C@@]1(C)O. The Labute approximate surface area is 356 Å². The summed E-state index contributed by atoms with van der Waals surface area (Å²) in [7, 11) is 0. The van der Waals surface area contributed by atoms with Crippen molar-refractivity contribution >= 4 is 5.97 Å². The number of allylic oxidation sites excluding steroid dienone is 2. The van der Waals surface area contributed by atoms with Gasteiger partial charge in [0.1, 0.15) is 42.4 Å². The molecule has 5 heterocycles. The average Bonchev–Trinajstić information content (AvgIpc) is 3.43. The molecule has 0 aromatic heterocycles. The van der Waals surface area contributed by atoms with E-state index < -0.39 is 85.9 Å². The smallest absolute Gasteiger partial charge is 0.338 e. The fourth-order valence-electron chi connectivity index (χ4n) is 13.4. The molecule has 21 atom stereocenters. The zero-order valence-corrected chi connectivity index (χ0v) is 35.6. The first-order valence-corrected chi connectivity index (χ1v) is 22.3. The van der Waals surface area contributed by atoms with E-state index in [1.807, 2.05) is 6.92 Å². The van der Waals surface area contributed by atoms with Gasteiger partial charge in [-0.3, -0.25) is 0 Å². The summed E-state index contributed by atoms with van der Waals surface area (Å²) in [6.45, 7) is 10.0. The van der Waals surface area contributed by atoms with E-state index in [4.69, 9.17) is 33.2 Å². The van der Waals surface area contributed by atoms with Crippen LogP contribution in [0.4, 0.5) is 0 Å². The monoisotopic (exact) mass is 856 g/mol. The normalized spacial score (nSPS) is 50.0. The molecule has 4 bridgehead atoms. The van der Waals surface area contributed by atoms with E-state index in [-0.39, 0.29) is 46.2 Å². The Bertz CT molecular complexity index is 1850. The fourth-order valence-corrected chi connectivity index (χ4v) is 13.4. The Kier molecular flexibility index (Phi) is 11.6. The molecular formula is C46H64O15. The van der Waals surface area contributed by atoms with Crippen LogP contribution in [0.25, 0.3) is 0 Å². The summed E-state index contributed by atoms with van der Waals surface area (Å²) in [6.07, 6.45) is -4.66. The largest absolute Gasteiger partial charge is 0.508 e. The highest BCUT2D eigenvalue weighted by Gasteiger charge is 2.72. The zero-order valence-electron chi connectivity index (χ0n) is 35.6. The van der Waals surface area contributed by atoms with Gasteiger partial charge in [0.15, 0.2) is 25.0 Å². The van der Waals surface area contributed by atoms with E-state index in [2.05, 4.69) is 32.9 Å². The first-order valence-electron chi connectivity index (χ1n) is 22.3. The number of rotatable bonds is 8. The highest BCUT2D eigenvalue weighted by Crippen LogP contribution is 2.71. The van der Waals surface area contributed by atoms with Gasteiger partial charge in [-0.25, -0.2) is 4.79 Å². The van der Waals surface area contributed by atoms with Gasteiger partial charge in [-0.2, -0.15) is 0 Å². The molecule has 0 radical (unpaired) electrons. The van der Waals surface area contributed by atoms with Gasteiger partial charge in [0.2, 0.25) is 0 Å². The lowest BCUT2D eigenvalue weighted by Crippen LogP contribution is -2.64. The molecule has 5 aliphatic heterocycles. The third-order valence-electron chi connectivity index (χ3n) is 16.3. The van der Waals surface area contributed by atoms with Crippen LogP contribution >= 0.6 is 0 Å². The van der Waals surface area contributed by atoms with Crippen molar-refractivity contribution in [1.82, 2.24) is 0 Å². The van der Waals surface area contributed by atoms with Gasteiger partial charge in [0.05, 0.1) is 48.6 Å². The molecule has 10 rings (SSSR count). The van der Waals surface area contributed by atoms with Crippen molar-refractivity contribution in [2.45, 2.75) is 165 Å². The summed E-state index contributed by atoms with van der Waals surface area (Å²) in [5, 5.41) is 76.5. The maximum atomic E-state index is 12.8. The summed E-state index contributed by atoms with van der Waals surface area (Å²) in [6, 6.07) is 5.36. The number of esters is 1. The Morgan fingerprint density at radius 2 is 1.64 bits per heavy atom. The van der Waals surface area contributed by atoms with Crippen LogP contribution in [-0.2, 0) is 33.2 Å². The Morgan fingerprint density at radius 1 is 0.902 bits per heavy atom. The first kappa shape index (κ1) is 43.7. The minimum atomic E-state index is -1.75.